The highest BCUT2D eigenvalue weighted by molar-refractivity contribution is 9.10. The van der Waals surface area contributed by atoms with E-state index in [0.29, 0.717) is 23.5 Å². The molecule has 0 radical (unpaired) electrons. The maximum atomic E-state index is 12.7. The Kier molecular flexibility index (Phi) is 5.82. The Hall–Kier alpha value is 0.670. The Labute approximate surface area is 145 Å². The number of benzene rings is 1. The fourth-order valence-corrected chi connectivity index (χ4v) is 6.37. The fourth-order valence-electron chi connectivity index (χ4n) is 2.31. The monoisotopic (exact) mass is 463 g/mol. The lowest BCUT2D eigenvalue weighted by Crippen LogP contribution is -2.29. The van der Waals surface area contributed by atoms with Crippen LogP contribution in [0.1, 0.15) is 12.8 Å². The molecule has 3 nitrogen and oxygen atoms in total. The summed E-state index contributed by atoms with van der Waals surface area (Å²) in [7, 11) is -3.63. The lowest BCUT2D eigenvalue weighted by Gasteiger charge is -2.18. The zero-order valence-electron chi connectivity index (χ0n) is 10.5. The van der Waals surface area contributed by atoms with E-state index in [4.69, 9.17) is 23.2 Å². The molecule has 0 aliphatic carbocycles. The maximum Gasteiger partial charge on any atom is 0.246 e. The second-order valence-corrected chi connectivity index (χ2v) is 9.09. The summed E-state index contributed by atoms with van der Waals surface area (Å²) in [5.41, 5.74) is 0. The molecule has 1 aromatic rings. The van der Waals surface area contributed by atoms with Gasteiger partial charge in [-0.1, -0.05) is 55.1 Å². The smallest absolute Gasteiger partial charge is 0.207 e. The molecule has 0 bridgehead atoms. The second kappa shape index (κ2) is 6.84. The standard InChI is InChI=1S/C12H13Br2Cl2NO2S/c13-3-1-8-2-4-17(7-8)20(18,19)12-10(15)5-9(14)6-11(12)16/h5-6,8H,1-4,7H2. The van der Waals surface area contributed by atoms with Crippen LogP contribution in [-0.4, -0.2) is 31.1 Å². The van der Waals surface area contributed by atoms with Crippen LogP contribution < -0.4 is 0 Å². The van der Waals surface area contributed by atoms with Crippen molar-refractivity contribution >= 4 is 65.1 Å². The van der Waals surface area contributed by atoms with E-state index >= 15 is 0 Å². The fraction of sp³-hybridized carbons (Fsp3) is 0.500. The van der Waals surface area contributed by atoms with Gasteiger partial charge in [0.05, 0.1) is 10.0 Å². The van der Waals surface area contributed by atoms with Crippen molar-refractivity contribution in [3.8, 4) is 0 Å². The summed E-state index contributed by atoms with van der Waals surface area (Å²) in [4.78, 5) is 0.00326. The number of nitrogens with zero attached hydrogens (tertiary/aromatic N) is 1. The summed E-state index contributed by atoms with van der Waals surface area (Å²) in [5.74, 6) is 0.386. The van der Waals surface area contributed by atoms with Gasteiger partial charge in [-0.3, -0.25) is 0 Å². The van der Waals surface area contributed by atoms with Gasteiger partial charge in [0.2, 0.25) is 10.0 Å². The van der Waals surface area contributed by atoms with Crippen LogP contribution in [-0.2, 0) is 10.0 Å². The molecule has 1 aliphatic heterocycles. The SMILES string of the molecule is O=S(=O)(c1c(Cl)cc(Br)cc1Cl)N1CCC(CCBr)C1. The molecule has 0 amide bonds. The molecule has 1 saturated heterocycles. The van der Waals surface area contributed by atoms with Gasteiger partial charge >= 0.3 is 0 Å². The number of sulfonamides is 1. The zero-order chi connectivity index (χ0) is 14.9. The summed E-state index contributed by atoms with van der Waals surface area (Å²) in [6, 6.07) is 3.10. The van der Waals surface area contributed by atoms with Crippen LogP contribution in [0.2, 0.25) is 10.0 Å². The van der Waals surface area contributed by atoms with Crippen LogP contribution in [0.15, 0.2) is 21.5 Å². The Morgan fingerprint density at radius 3 is 2.45 bits per heavy atom. The van der Waals surface area contributed by atoms with Crippen LogP contribution in [0.4, 0.5) is 0 Å². The highest BCUT2D eigenvalue weighted by Gasteiger charge is 2.34. The normalized spacial score (nSPS) is 20.5. The summed E-state index contributed by atoms with van der Waals surface area (Å²) in [6.45, 7) is 1.04. The first-order chi connectivity index (χ1) is 9.36. The molecule has 20 heavy (non-hydrogen) atoms. The molecule has 0 spiro atoms. The first-order valence-corrected chi connectivity index (χ1v) is 10.2. The largest absolute Gasteiger partial charge is 0.246 e. The Morgan fingerprint density at radius 1 is 1.30 bits per heavy atom. The van der Waals surface area contributed by atoms with Gasteiger partial charge in [0.1, 0.15) is 4.90 Å². The second-order valence-electron chi connectivity index (χ2n) is 4.69. The minimum absolute atomic E-state index is 0.00326. The van der Waals surface area contributed by atoms with Crippen molar-refractivity contribution in [2.75, 3.05) is 18.4 Å². The number of alkyl halides is 1. The third kappa shape index (κ3) is 3.52. The van der Waals surface area contributed by atoms with Gasteiger partial charge < -0.3 is 0 Å². The van der Waals surface area contributed by atoms with E-state index in [-0.39, 0.29) is 14.9 Å². The molecule has 1 aliphatic rings. The van der Waals surface area contributed by atoms with Crippen molar-refractivity contribution < 1.29 is 8.42 Å². The van der Waals surface area contributed by atoms with E-state index in [1.54, 1.807) is 12.1 Å². The quantitative estimate of drug-likeness (QED) is 0.612. The van der Waals surface area contributed by atoms with E-state index in [1.807, 2.05) is 0 Å². The summed E-state index contributed by atoms with van der Waals surface area (Å²) in [6.07, 6.45) is 1.84. The van der Waals surface area contributed by atoms with Gasteiger partial charge in [-0.15, -0.1) is 0 Å². The van der Waals surface area contributed by atoms with Crippen LogP contribution in [0.3, 0.4) is 0 Å². The van der Waals surface area contributed by atoms with E-state index < -0.39 is 10.0 Å². The van der Waals surface area contributed by atoms with Crippen molar-refractivity contribution in [1.82, 2.24) is 4.31 Å². The third-order valence-electron chi connectivity index (χ3n) is 3.33. The molecule has 1 unspecified atom stereocenters. The van der Waals surface area contributed by atoms with Gasteiger partial charge in [0.15, 0.2) is 0 Å². The van der Waals surface area contributed by atoms with Gasteiger partial charge in [-0.2, -0.15) is 4.31 Å². The summed E-state index contributed by atoms with van der Waals surface area (Å²) >= 11 is 18.8. The molecule has 1 atom stereocenters. The minimum atomic E-state index is -3.63. The predicted molar refractivity (Wildman–Crippen MR) is 89.4 cm³/mol. The molecule has 0 aromatic heterocycles. The maximum absolute atomic E-state index is 12.7. The van der Waals surface area contributed by atoms with Gasteiger partial charge in [0, 0.05) is 22.9 Å². The average Bonchev–Trinajstić information content (AvgIpc) is 2.76. The first-order valence-electron chi connectivity index (χ1n) is 6.07. The van der Waals surface area contributed by atoms with Crippen molar-refractivity contribution in [2.45, 2.75) is 17.7 Å². The van der Waals surface area contributed by atoms with E-state index in [2.05, 4.69) is 31.9 Å². The van der Waals surface area contributed by atoms with Crippen molar-refractivity contribution in [2.24, 2.45) is 5.92 Å². The number of halogens is 4. The Balaban J connectivity index is 2.33. The number of rotatable bonds is 4. The molecule has 112 valence electrons. The molecule has 1 aromatic carbocycles. The summed E-state index contributed by atoms with van der Waals surface area (Å²) < 4.78 is 27.5. The van der Waals surface area contributed by atoms with Gasteiger partial charge in [-0.25, -0.2) is 8.42 Å². The van der Waals surface area contributed by atoms with Crippen molar-refractivity contribution in [3.63, 3.8) is 0 Å². The van der Waals surface area contributed by atoms with Crippen molar-refractivity contribution in [1.29, 1.82) is 0 Å². The zero-order valence-corrected chi connectivity index (χ0v) is 16.0. The van der Waals surface area contributed by atoms with Crippen LogP contribution in [0, 0.1) is 5.92 Å². The summed E-state index contributed by atoms with van der Waals surface area (Å²) in [5, 5.41) is 1.17. The average molecular weight is 466 g/mol. The molecule has 0 saturated carbocycles. The molecule has 0 N–H and O–H groups in total. The van der Waals surface area contributed by atoms with Gasteiger partial charge in [0.25, 0.3) is 0 Å². The van der Waals surface area contributed by atoms with E-state index in [1.165, 1.54) is 4.31 Å². The third-order valence-corrected chi connectivity index (χ3v) is 7.03. The van der Waals surface area contributed by atoms with E-state index in [9.17, 15) is 8.42 Å². The lowest BCUT2D eigenvalue weighted by molar-refractivity contribution is 0.454. The first kappa shape index (κ1) is 17.0. The van der Waals surface area contributed by atoms with Crippen LogP contribution >= 0.6 is 55.1 Å². The topological polar surface area (TPSA) is 37.4 Å². The number of hydrogen-bond acceptors (Lipinski definition) is 2. The highest BCUT2D eigenvalue weighted by Crippen LogP contribution is 2.36. The minimum Gasteiger partial charge on any atom is -0.207 e. The van der Waals surface area contributed by atoms with E-state index in [0.717, 1.165) is 18.2 Å². The Morgan fingerprint density at radius 2 is 1.90 bits per heavy atom. The predicted octanol–water partition coefficient (Wildman–Crippen LogP) is 4.55. The van der Waals surface area contributed by atoms with Crippen LogP contribution in [0.5, 0.6) is 0 Å². The molecule has 1 heterocycles. The van der Waals surface area contributed by atoms with Crippen molar-refractivity contribution in [3.05, 3.63) is 26.7 Å². The lowest BCUT2D eigenvalue weighted by atomic mass is 10.1. The Bertz CT molecular complexity index is 586. The van der Waals surface area contributed by atoms with Gasteiger partial charge in [-0.05, 0) is 30.9 Å². The highest BCUT2D eigenvalue weighted by atomic mass is 79.9. The molecular weight excluding hydrogens is 453 g/mol. The molecule has 8 heteroatoms. The number of hydrogen-bond donors (Lipinski definition) is 0. The molecule has 2 rings (SSSR count). The molecule has 1 fully saturated rings. The molecular formula is C12H13Br2Cl2NO2S. The van der Waals surface area contributed by atoms with Crippen LogP contribution in [0.25, 0.3) is 0 Å².